The highest BCUT2D eigenvalue weighted by Gasteiger charge is 2.17. The lowest BCUT2D eigenvalue weighted by Gasteiger charge is -2.31. The van der Waals surface area contributed by atoms with Crippen LogP contribution in [0.15, 0.2) is 47.7 Å². The zero-order chi connectivity index (χ0) is 22.4. The van der Waals surface area contributed by atoms with Crippen LogP contribution in [0, 0.1) is 0 Å². The maximum absolute atomic E-state index is 6.02. The number of guanidine groups is 1. The number of nitrogens with zero attached hydrogens (tertiary/aromatic N) is 4. The van der Waals surface area contributed by atoms with Crippen LogP contribution in [0.3, 0.4) is 0 Å². The van der Waals surface area contributed by atoms with Gasteiger partial charge in [-0.15, -0.1) is 24.0 Å². The van der Waals surface area contributed by atoms with Crippen LogP contribution < -0.4 is 15.4 Å². The van der Waals surface area contributed by atoms with E-state index in [-0.39, 0.29) is 24.0 Å². The molecule has 3 rings (SSSR count). The van der Waals surface area contributed by atoms with E-state index in [9.17, 15) is 0 Å². The molecule has 0 bridgehead atoms. The molecule has 0 unspecified atom stereocenters. The largest absolute Gasteiger partial charge is 0.492 e. The van der Waals surface area contributed by atoms with Crippen LogP contribution in [0.4, 0.5) is 0 Å². The maximum Gasteiger partial charge on any atom is 0.191 e. The standard InChI is InChI=1S/C24H38N6O2.HI/c1-3-25-24(26-11-5-13-30-14-6-12-28-30)27-20-21-7-4-8-23(19-21)32-18-15-29(2)22-9-16-31-17-10-22;/h4,6-8,12,14,19,22H,3,5,9-11,13,15-18,20H2,1-2H3,(H2,25,26,27);1H. The van der Waals surface area contributed by atoms with Crippen molar-refractivity contribution in [1.29, 1.82) is 0 Å². The minimum atomic E-state index is 0. The van der Waals surface area contributed by atoms with Gasteiger partial charge in [0.2, 0.25) is 0 Å². The first kappa shape index (κ1) is 27.4. The second-order valence-corrected chi connectivity index (χ2v) is 8.06. The van der Waals surface area contributed by atoms with Gasteiger partial charge in [0.25, 0.3) is 0 Å². The van der Waals surface area contributed by atoms with Crippen molar-refractivity contribution >= 4 is 29.9 Å². The van der Waals surface area contributed by atoms with Gasteiger partial charge in [0.15, 0.2) is 5.96 Å². The van der Waals surface area contributed by atoms with Gasteiger partial charge in [-0.25, -0.2) is 4.99 Å². The Morgan fingerprint density at radius 3 is 2.88 bits per heavy atom. The molecule has 0 spiro atoms. The molecule has 1 aliphatic rings. The van der Waals surface area contributed by atoms with E-state index in [2.05, 4.69) is 46.7 Å². The zero-order valence-electron chi connectivity index (χ0n) is 19.9. The molecule has 0 radical (unpaired) electrons. The average Bonchev–Trinajstić information content (AvgIpc) is 3.34. The fourth-order valence-corrected chi connectivity index (χ4v) is 3.74. The zero-order valence-corrected chi connectivity index (χ0v) is 22.2. The number of benzene rings is 1. The molecule has 1 aromatic carbocycles. The van der Waals surface area contributed by atoms with Crippen LogP contribution in [0.25, 0.3) is 0 Å². The number of ether oxygens (including phenoxy) is 2. The number of halogens is 1. The first-order chi connectivity index (χ1) is 15.7. The summed E-state index contributed by atoms with van der Waals surface area (Å²) in [5.41, 5.74) is 1.13. The van der Waals surface area contributed by atoms with Gasteiger partial charge < -0.3 is 20.1 Å². The minimum Gasteiger partial charge on any atom is -0.492 e. The maximum atomic E-state index is 6.02. The monoisotopic (exact) mass is 570 g/mol. The Morgan fingerprint density at radius 2 is 2.12 bits per heavy atom. The Morgan fingerprint density at radius 1 is 1.27 bits per heavy atom. The molecular formula is C24H39IN6O2. The van der Waals surface area contributed by atoms with Gasteiger partial charge in [0, 0.05) is 57.8 Å². The number of nitrogens with one attached hydrogen (secondary N) is 2. The van der Waals surface area contributed by atoms with E-state index >= 15 is 0 Å². The number of hydrogen-bond acceptors (Lipinski definition) is 5. The third-order valence-electron chi connectivity index (χ3n) is 5.60. The van der Waals surface area contributed by atoms with Gasteiger partial charge in [-0.3, -0.25) is 9.58 Å². The molecule has 184 valence electrons. The Bertz CT molecular complexity index is 796. The fourth-order valence-electron chi connectivity index (χ4n) is 3.74. The summed E-state index contributed by atoms with van der Waals surface area (Å²) in [4.78, 5) is 7.11. The van der Waals surface area contributed by atoms with Gasteiger partial charge in [-0.05, 0) is 57.0 Å². The average molecular weight is 571 g/mol. The van der Waals surface area contributed by atoms with Crippen LogP contribution in [0.2, 0.25) is 0 Å². The predicted octanol–water partition coefficient (Wildman–Crippen LogP) is 3.14. The highest BCUT2D eigenvalue weighted by atomic mass is 127. The van der Waals surface area contributed by atoms with Crippen molar-refractivity contribution in [3.8, 4) is 5.75 Å². The Labute approximate surface area is 215 Å². The highest BCUT2D eigenvalue weighted by molar-refractivity contribution is 14.0. The molecule has 0 amide bonds. The third-order valence-corrected chi connectivity index (χ3v) is 5.60. The topological polar surface area (TPSA) is 75.9 Å². The number of likely N-dealkylation sites (N-methyl/N-ethyl adjacent to an activating group) is 1. The van der Waals surface area contributed by atoms with E-state index in [1.165, 1.54) is 0 Å². The lowest BCUT2D eigenvalue weighted by Crippen LogP contribution is -2.38. The number of aromatic nitrogens is 2. The second-order valence-electron chi connectivity index (χ2n) is 8.06. The van der Waals surface area contributed by atoms with Gasteiger partial charge >= 0.3 is 0 Å². The summed E-state index contributed by atoms with van der Waals surface area (Å²) >= 11 is 0. The normalized spacial score (nSPS) is 14.7. The van der Waals surface area contributed by atoms with Crippen LogP contribution in [0.1, 0.15) is 31.7 Å². The molecular weight excluding hydrogens is 531 g/mol. The Balaban J connectivity index is 0.00000385. The predicted molar refractivity (Wildman–Crippen MR) is 143 cm³/mol. The molecule has 0 aliphatic carbocycles. The molecule has 8 nitrogen and oxygen atoms in total. The first-order valence-corrected chi connectivity index (χ1v) is 11.7. The number of hydrogen-bond donors (Lipinski definition) is 2. The number of aliphatic imine (C=N–C) groups is 1. The molecule has 0 saturated carbocycles. The molecule has 1 fully saturated rings. The van der Waals surface area contributed by atoms with Crippen LogP contribution in [0.5, 0.6) is 5.75 Å². The highest BCUT2D eigenvalue weighted by Crippen LogP contribution is 2.15. The summed E-state index contributed by atoms with van der Waals surface area (Å²) < 4.78 is 13.4. The van der Waals surface area contributed by atoms with Crippen molar-refractivity contribution in [2.75, 3.05) is 46.5 Å². The molecule has 2 aromatic rings. The summed E-state index contributed by atoms with van der Waals surface area (Å²) in [5, 5.41) is 10.9. The fraction of sp³-hybridized carbons (Fsp3) is 0.583. The molecule has 1 saturated heterocycles. The van der Waals surface area contributed by atoms with E-state index in [0.717, 1.165) is 75.9 Å². The Kier molecular flexibility index (Phi) is 13.2. The van der Waals surface area contributed by atoms with Gasteiger partial charge in [0.1, 0.15) is 12.4 Å². The van der Waals surface area contributed by atoms with E-state index in [4.69, 9.17) is 14.5 Å². The molecule has 0 atom stereocenters. The molecule has 9 heteroatoms. The first-order valence-electron chi connectivity index (χ1n) is 11.7. The molecule has 1 aliphatic heterocycles. The lowest BCUT2D eigenvalue weighted by molar-refractivity contribution is 0.0392. The van der Waals surface area contributed by atoms with E-state index in [1.807, 2.05) is 29.1 Å². The number of aryl methyl sites for hydroxylation is 1. The number of rotatable bonds is 12. The van der Waals surface area contributed by atoms with Crippen molar-refractivity contribution < 1.29 is 9.47 Å². The van der Waals surface area contributed by atoms with Crippen molar-refractivity contribution in [3.63, 3.8) is 0 Å². The summed E-state index contributed by atoms with van der Waals surface area (Å²) in [6.07, 6.45) is 6.99. The molecule has 2 N–H and O–H groups in total. The third kappa shape index (κ3) is 10.3. The van der Waals surface area contributed by atoms with E-state index in [1.54, 1.807) is 6.20 Å². The second kappa shape index (κ2) is 15.9. The van der Waals surface area contributed by atoms with Gasteiger partial charge in [-0.2, -0.15) is 5.10 Å². The quantitative estimate of drug-likeness (QED) is 0.177. The van der Waals surface area contributed by atoms with Crippen molar-refractivity contribution in [2.24, 2.45) is 4.99 Å². The summed E-state index contributed by atoms with van der Waals surface area (Å²) in [6.45, 7) is 8.58. The van der Waals surface area contributed by atoms with Crippen molar-refractivity contribution in [3.05, 3.63) is 48.3 Å². The summed E-state index contributed by atoms with van der Waals surface area (Å²) in [7, 11) is 2.18. The molecule has 1 aromatic heterocycles. The molecule has 33 heavy (non-hydrogen) atoms. The smallest absolute Gasteiger partial charge is 0.191 e. The SMILES string of the molecule is CCNC(=NCc1cccc(OCCN(C)C2CCOCC2)c1)NCCCn1cccn1.I. The lowest BCUT2D eigenvalue weighted by atomic mass is 10.1. The van der Waals surface area contributed by atoms with E-state index < -0.39 is 0 Å². The Hall–Kier alpha value is -1.85. The van der Waals surface area contributed by atoms with Crippen LogP contribution in [-0.2, 0) is 17.8 Å². The van der Waals surface area contributed by atoms with E-state index in [0.29, 0.717) is 19.2 Å². The molecule has 2 heterocycles. The van der Waals surface area contributed by atoms with Crippen LogP contribution >= 0.6 is 24.0 Å². The van der Waals surface area contributed by atoms with Gasteiger partial charge in [0.05, 0.1) is 6.54 Å². The van der Waals surface area contributed by atoms with Crippen LogP contribution in [-0.4, -0.2) is 73.2 Å². The summed E-state index contributed by atoms with van der Waals surface area (Å²) in [6, 6.07) is 10.8. The van der Waals surface area contributed by atoms with Gasteiger partial charge in [-0.1, -0.05) is 12.1 Å². The van der Waals surface area contributed by atoms with Crippen molar-refractivity contribution in [1.82, 2.24) is 25.3 Å². The van der Waals surface area contributed by atoms with Crippen molar-refractivity contribution in [2.45, 2.75) is 45.3 Å². The minimum absolute atomic E-state index is 0. The summed E-state index contributed by atoms with van der Waals surface area (Å²) in [5.74, 6) is 1.73.